The standard InChI is InChI=1S/C15H12ClF3N2O/c16-13-6-11(1-2-12(13)15(17,18)19)21-4-3-9-7-20-14(22)5-10(9)8-21/h1-2,5-7H,3-4,8H2,(H,20,22). The summed E-state index contributed by atoms with van der Waals surface area (Å²) in [6.07, 6.45) is -2.06. The number of nitrogens with one attached hydrogen (secondary N) is 1. The van der Waals surface area contributed by atoms with Gasteiger partial charge in [-0.15, -0.1) is 0 Å². The van der Waals surface area contributed by atoms with Gasteiger partial charge in [0.1, 0.15) is 0 Å². The fourth-order valence-electron chi connectivity index (χ4n) is 2.61. The predicted octanol–water partition coefficient (Wildman–Crippen LogP) is 3.61. The van der Waals surface area contributed by atoms with E-state index in [4.69, 9.17) is 11.6 Å². The van der Waals surface area contributed by atoms with Gasteiger partial charge in [0, 0.05) is 31.0 Å². The maximum atomic E-state index is 12.7. The highest BCUT2D eigenvalue weighted by atomic mass is 35.5. The lowest BCUT2D eigenvalue weighted by Crippen LogP contribution is -2.31. The van der Waals surface area contributed by atoms with Crippen LogP contribution in [0.2, 0.25) is 5.02 Å². The second kappa shape index (κ2) is 5.35. The molecule has 0 radical (unpaired) electrons. The monoisotopic (exact) mass is 328 g/mol. The number of rotatable bonds is 1. The maximum Gasteiger partial charge on any atom is 0.417 e. The Hall–Kier alpha value is -1.95. The molecule has 3 nitrogen and oxygen atoms in total. The van der Waals surface area contributed by atoms with E-state index in [1.807, 2.05) is 4.90 Å². The minimum Gasteiger partial charge on any atom is -0.367 e. The Bertz CT molecular complexity index is 770. The zero-order valence-electron chi connectivity index (χ0n) is 11.4. The van der Waals surface area contributed by atoms with Gasteiger partial charge in [0.2, 0.25) is 5.56 Å². The lowest BCUT2D eigenvalue weighted by molar-refractivity contribution is -0.137. The van der Waals surface area contributed by atoms with Gasteiger partial charge in [-0.1, -0.05) is 11.6 Å². The maximum absolute atomic E-state index is 12.7. The molecule has 1 N–H and O–H groups in total. The molecule has 0 amide bonds. The number of aromatic amines is 1. The molecular weight excluding hydrogens is 317 g/mol. The number of pyridine rings is 1. The van der Waals surface area contributed by atoms with Crippen molar-refractivity contribution in [2.75, 3.05) is 11.4 Å². The minimum absolute atomic E-state index is 0.189. The average Bonchev–Trinajstić information content (AvgIpc) is 2.45. The molecule has 0 atom stereocenters. The number of hydrogen-bond donors (Lipinski definition) is 1. The first-order valence-corrected chi connectivity index (χ1v) is 7.04. The Morgan fingerprint density at radius 3 is 2.64 bits per heavy atom. The molecule has 1 aliphatic heterocycles. The summed E-state index contributed by atoms with van der Waals surface area (Å²) in [5.41, 5.74) is 1.52. The number of fused-ring (bicyclic) bond motifs is 1. The third-order valence-electron chi connectivity index (χ3n) is 3.74. The van der Waals surface area contributed by atoms with Crippen LogP contribution in [-0.4, -0.2) is 11.5 Å². The third-order valence-corrected chi connectivity index (χ3v) is 4.05. The molecule has 1 aromatic heterocycles. The Kier molecular flexibility index (Phi) is 3.64. The van der Waals surface area contributed by atoms with Crippen molar-refractivity contribution in [2.24, 2.45) is 0 Å². The van der Waals surface area contributed by atoms with Gasteiger partial charge < -0.3 is 9.88 Å². The van der Waals surface area contributed by atoms with Crippen LogP contribution >= 0.6 is 11.6 Å². The summed E-state index contributed by atoms with van der Waals surface area (Å²) in [6, 6.07) is 5.24. The molecule has 7 heteroatoms. The van der Waals surface area contributed by atoms with Gasteiger partial charge >= 0.3 is 6.18 Å². The molecule has 0 fully saturated rings. The van der Waals surface area contributed by atoms with E-state index in [1.54, 1.807) is 6.20 Å². The first kappa shape index (κ1) is 15.0. The molecule has 0 aliphatic carbocycles. The van der Waals surface area contributed by atoms with Gasteiger partial charge in [-0.3, -0.25) is 4.79 Å². The topological polar surface area (TPSA) is 36.1 Å². The first-order chi connectivity index (χ1) is 10.3. The van der Waals surface area contributed by atoms with Gasteiger partial charge in [-0.05, 0) is 35.7 Å². The van der Waals surface area contributed by atoms with Crippen molar-refractivity contribution in [1.82, 2.24) is 4.98 Å². The second-order valence-corrected chi connectivity index (χ2v) is 5.59. The van der Waals surface area contributed by atoms with Crippen LogP contribution < -0.4 is 10.5 Å². The molecule has 2 heterocycles. The number of halogens is 4. The summed E-state index contributed by atoms with van der Waals surface area (Å²) < 4.78 is 38.2. The molecule has 0 spiro atoms. The molecule has 3 rings (SSSR count). The normalized spacial score (nSPS) is 14.8. The SMILES string of the molecule is O=c1cc2c(c[nH]1)CCN(c1ccc(C(F)(F)F)c(Cl)c1)C2. The number of alkyl halides is 3. The van der Waals surface area contributed by atoms with Gasteiger partial charge in [0.05, 0.1) is 10.6 Å². The van der Waals surface area contributed by atoms with E-state index < -0.39 is 11.7 Å². The van der Waals surface area contributed by atoms with Crippen LogP contribution in [0.3, 0.4) is 0 Å². The number of H-pyrrole nitrogens is 1. The summed E-state index contributed by atoms with van der Waals surface area (Å²) in [7, 11) is 0. The number of anilines is 1. The van der Waals surface area contributed by atoms with E-state index in [9.17, 15) is 18.0 Å². The van der Waals surface area contributed by atoms with Gasteiger partial charge in [-0.25, -0.2) is 0 Å². The van der Waals surface area contributed by atoms with Crippen LogP contribution in [0.5, 0.6) is 0 Å². The smallest absolute Gasteiger partial charge is 0.367 e. The third kappa shape index (κ3) is 2.83. The van der Waals surface area contributed by atoms with Crippen molar-refractivity contribution in [3.63, 3.8) is 0 Å². The van der Waals surface area contributed by atoms with Crippen molar-refractivity contribution in [3.8, 4) is 0 Å². The number of nitrogens with zero attached hydrogens (tertiary/aromatic N) is 1. The molecule has 2 aromatic rings. The highest BCUT2D eigenvalue weighted by Crippen LogP contribution is 2.37. The van der Waals surface area contributed by atoms with Crippen LogP contribution in [-0.2, 0) is 19.1 Å². The molecule has 1 aliphatic rings. The second-order valence-electron chi connectivity index (χ2n) is 5.18. The van der Waals surface area contributed by atoms with Crippen molar-refractivity contribution in [2.45, 2.75) is 19.1 Å². The Balaban J connectivity index is 1.90. The molecule has 0 unspecified atom stereocenters. The first-order valence-electron chi connectivity index (χ1n) is 6.67. The highest BCUT2D eigenvalue weighted by molar-refractivity contribution is 6.31. The zero-order valence-corrected chi connectivity index (χ0v) is 12.1. The van der Waals surface area contributed by atoms with Crippen LogP contribution in [0.1, 0.15) is 16.7 Å². The molecule has 22 heavy (non-hydrogen) atoms. The fourth-order valence-corrected chi connectivity index (χ4v) is 2.90. The molecule has 0 saturated carbocycles. The molecule has 1 aromatic carbocycles. The van der Waals surface area contributed by atoms with E-state index in [0.717, 1.165) is 17.2 Å². The van der Waals surface area contributed by atoms with Crippen LogP contribution in [0.15, 0.2) is 35.3 Å². The van der Waals surface area contributed by atoms with Crippen molar-refractivity contribution < 1.29 is 13.2 Å². The largest absolute Gasteiger partial charge is 0.417 e. The number of aromatic nitrogens is 1. The highest BCUT2D eigenvalue weighted by Gasteiger charge is 2.33. The average molecular weight is 329 g/mol. The van der Waals surface area contributed by atoms with E-state index in [-0.39, 0.29) is 10.6 Å². The predicted molar refractivity (Wildman–Crippen MR) is 78.3 cm³/mol. The van der Waals surface area contributed by atoms with E-state index in [2.05, 4.69) is 4.98 Å². The zero-order chi connectivity index (χ0) is 15.9. The molecule has 116 valence electrons. The quantitative estimate of drug-likeness (QED) is 0.868. The Labute approximate surface area is 129 Å². The van der Waals surface area contributed by atoms with Crippen LogP contribution in [0.4, 0.5) is 18.9 Å². The Morgan fingerprint density at radius 2 is 1.95 bits per heavy atom. The lowest BCUT2D eigenvalue weighted by atomic mass is 10.0. The number of hydrogen-bond acceptors (Lipinski definition) is 2. The van der Waals surface area contributed by atoms with Crippen molar-refractivity contribution in [1.29, 1.82) is 0 Å². The molecular formula is C15H12ClF3N2O. The summed E-state index contributed by atoms with van der Waals surface area (Å²) in [4.78, 5) is 15.9. The molecule has 0 saturated heterocycles. The van der Waals surface area contributed by atoms with Crippen LogP contribution in [0.25, 0.3) is 0 Å². The lowest BCUT2D eigenvalue weighted by Gasteiger charge is -2.30. The summed E-state index contributed by atoms with van der Waals surface area (Å²) in [6.45, 7) is 1.13. The summed E-state index contributed by atoms with van der Waals surface area (Å²) in [5.74, 6) is 0. The van der Waals surface area contributed by atoms with E-state index in [0.29, 0.717) is 25.2 Å². The number of benzene rings is 1. The van der Waals surface area contributed by atoms with Crippen LogP contribution in [0, 0.1) is 0 Å². The minimum atomic E-state index is -4.46. The summed E-state index contributed by atoms with van der Waals surface area (Å²) in [5, 5.41) is -0.318. The van der Waals surface area contributed by atoms with E-state index >= 15 is 0 Å². The van der Waals surface area contributed by atoms with E-state index in [1.165, 1.54) is 18.2 Å². The summed E-state index contributed by atoms with van der Waals surface area (Å²) >= 11 is 5.76. The fraction of sp³-hybridized carbons (Fsp3) is 0.267. The van der Waals surface area contributed by atoms with Gasteiger partial charge in [0.15, 0.2) is 0 Å². The van der Waals surface area contributed by atoms with Crippen molar-refractivity contribution in [3.05, 3.63) is 62.5 Å². The Morgan fingerprint density at radius 1 is 1.18 bits per heavy atom. The molecule has 0 bridgehead atoms. The van der Waals surface area contributed by atoms with Gasteiger partial charge in [-0.2, -0.15) is 13.2 Å². The van der Waals surface area contributed by atoms with Gasteiger partial charge in [0.25, 0.3) is 0 Å². The van der Waals surface area contributed by atoms with Crippen molar-refractivity contribution >= 4 is 17.3 Å².